The van der Waals surface area contributed by atoms with E-state index in [1.807, 2.05) is 43.7 Å². The van der Waals surface area contributed by atoms with Gasteiger partial charge in [0.2, 0.25) is 10.0 Å². The smallest absolute Gasteiger partial charge is 0.214 e. The molecule has 1 aliphatic heterocycles. The van der Waals surface area contributed by atoms with Crippen molar-refractivity contribution in [3.8, 4) is 5.82 Å². The van der Waals surface area contributed by atoms with E-state index in [9.17, 15) is 8.42 Å². The molecule has 1 aliphatic rings. The molecule has 0 N–H and O–H groups in total. The summed E-state index contributed by atoms with van der Waals surface area (Å²) in [6.45, 7) is 8.32. The third-order valence-corrected chi connectivity index (χ3v) is 6.61. The molecule has 2 aromatic rings. The molecular weight excluding hydrogens is 338 g/mol. The molecule has 0 amide bonds. The highest BCUT2D eigenvalue weighted by Crippen LogP contribution is 2.27. The lowest BCUT2D eigenvalue weighted by Gasteiger charge is -2.35. The quantitative estimate of drug-likeness (QED) is 0.809. The minimum atomic E-state index is -3.12. The van der Waals surface area contributed by atoms with Gasteiger partial charge in [-0.2, -0.15) is 9.40 Å². The topological polar surface area (TPSA) is 71.3 Å². The first-order valence-electron chi connectivity index (χ1n) is 8.64. The third-order valence-electron chi connectivity index (χ3n) is 4.53. The number of piperazine rings is 1. The summed E-state index contributed by atoms with van der Waals surface area (Å²) >= 11 is 0. The molecule has 25 heavy (non-hydrogen) atoms. The Morgan fingerprint density at radius 2 is 1.84 bits per heavy atom. The van der Waals surface area contributed by atoms with Crippen molar-refractivity contribution in [3.05, 3.63) is 35.8 Å². The Labute approximate surface area is 149 Å². The van der Waals surface area contributed by atoms with Crippen LogP contribution in [0.15, 0.2) is 24.4 Å². The van der Waals surface area contributed by atoms with E-state index in [0.29, 0.717) is 32.6 Å². The van der Waals surface area contributed by atoms with Crippen LogP contribution in [0, 0.1) is 13.8 Å². The van der Waals surface area contributed by atoms with Gasteiger partial charge in [0.05, 0.1) is 22.8 Å². The summed E-state index contributed by atoms with van der Waals surface area (Å²) in [5.41, 5.74) is 3.05. The number of rotatable bonds is 5. The molecule has 0 bridgehead atoms. The van der Waals surface area contributed by atoms with Crippen molar-refractivity contribution < 1.29 is 8.42 Å². The van der Waals surface area contributed by atoms with Gasteiger partial charge in [-0.25, -0.2) is 18.1 Å². The Morgan fingerprint density at radius 1 is 1.12 bits per heavy atom. The van der Waals surface area contributed by atoms with Crippen LogP contribution in [0.2, 0.25) is 0 Å². The molecule has 0 atom stereocenters. The minimum absolute atomic E-state index is 0.225. The zero-order chi connectivity index (χ0) is 18.0. The zero-order valence-corrected chi connectivity index (χ0v) is 15.8. The van der Waals surface area contributed by atoms with Gasteiger partial charge in [-0.15, -0.1) is 0 Å². The summed E-state index contributed by atoms with van der Waals surface area (Å²) in [5, 5.41) is 4.63. The molecule has 0 aliphatic carbocycles. The van der Waals surface area contributed by atoms with Crippen LogP contribution in [0.25, 0.3) is 5.82 Å². The summed E-state index contributed by atoms with van der Waals surface area (Å²) in [6.07, 6.45) is 2.40. The molecule has 1 saturated heterocycles. The van der Waals surface area contributed by atoms with Crippen LogP contribution in [0.1, 0.15) is 24.7 Å². The zero-order valence-electron chi connectivity index (χ0n) is 15.0. The van der Waals surface area contributed by atoms with Gasteiger partial charge in [-0.3, -0.25) is 0 Å². The van der Waals surface area contributed by atoms with Gasteiger partial charge >= 0.3 is 0 Å². The number of sulfonamides is 1. The van der Waals surface area contributed by atoms with Crippen LogP contribution in [0.5, 0.6) is 0 Å². The van der Waals surface area contributed by atoms with Gasteiger partial charge in [-0.1, -0.05) is 13.0 Å². The van der Waals surface area contributed by atoms with E-state index in [2.05, 4.69) is 15.0 Å². The third kappa shape index (κ3) is 3.55. The van der Waals surface area contributed by atoms with Crippen LogP contribution in [0.3, 0.4) is 0 Å². The van der Waals surface area contributed by atoms with Crippen molar-refractivity contribution in [3.63, 3.8) is 0 Å². The highest BCUT2D eigenvalue weighted by Gasteiger charge is 2.28. The maximum absolute atomic E-state index is 12.2. The fourth-order valence-electron chi connectivity index (χ4n) is 3.37. The monoisotopic (exact) mass is 363 g/mol. The van der Waals surface area contributed by atoms with E-state index in [4.69, 9.17) is 0 Å². The van der Waals surface area contributed by atoms with Crippen LogP contribution >= 0.6 is 0 Å². The second-order valence-electron chi connectivity index (χ2n) is 6.32. The molecule has 7 nitrogen and oxygen atoms in total. The Kier molecular flexibility index (Phi) is 5.10. The molecule has 0 aromatic carbocycles. The molecule has 0 spiro atoms. The average molecular weight is 363 g/mol. The number of hydrogen-bond donors (Lipinski definition) is 0. The van der Waals surface area contributed by atoms with Gasteiger partial charge in [0.15, 0.2) is 5.82 Å². The summed E-state index contributed by atoms with van der Waals surface area (Å²) in [6, 6.07) is 5.75. The molecule has 136 valence electrons. The largest absolute Gasteiger partial charge is 0.366 e. The van der Waals surface area contributed by atoms with Crippen molar-refractivity contribution in [2.24, 2.45) is 0 Å². The SMILES string of the molecule is CCCS(=O)(=O)N1CCN(c2c(C)nn(-c3ccccn3)c2C)CC1. The standard InChI is InChI=1S/C17H25N5O2S/c1-4-13-25(23,24)21-11-9-20(10-12-21)17-14(2)19-22(15(17)3)16-7-5-6-8-18-16/h5-8H,4,9-13H2,1-3H3. The molecule has 2 aromatic heterocycles. The molecular formula is C17H25N5O2S. The lowest BCUT2D eigenvalue weighted by molar-refractivity contribution is 0.384. The van der Waals surface area contributed by atoms with Crippen molar-refractivity contribution >= 4 is 15.7 Å². The van der Waals surface area contributed by atoms with Gasteiger partial charge in [0, 0.05) is 32.4 Å². The van der Waals surface area contributed by atoms with Crippen molar-refractivity contribution in [1.29, 1.82) is 0 Å². The number of hydrogen-bond acceptors (Lipinski definition) is 5. The summed E-state index contributed by atoms with van der Waals surface area (Å²) < 4.78 is 27.9. The molecule has 0 unspecified atom stereocenters. The van der Waals surface area contributed by atoms with Crippen LogP contribution in [-0.4, -0.2) is 59.4 Å². The average Bonchev–Trinajstić information content (AvgIpc) is 2.90. The number of nitrogens with zero attached hydrogens (tertiary/aromatic N) is 5. The molecule has 0 saturated carbocycles. The molecule has 3 rings (SSSR count). The molecule has 1 fully saturated rings. The first kappa shape index (κ1) is 17.9. The molecule has 0 radical (unpaired) electrons. The number of pyridine rings is 1. The Morgan fingerprint density at radius 3 is 2.44 bits per heavy atom. The minimum Gasteiger partial charge on any atom is -0.366 e. The van der Waals surface area contributed by atoms with Crippen LogP contribution in [-0.2, 0) is 10.0 Å². The molecule has 3 heterocycles. The number of anilines is 1. The lowest BCUT2D eigenvalue weighted by atomic mass is 10.2. The fourth-order valence-corrected chi connectivity index (χ4v) is 4.86. The van der Waals surface area contributed by atoms with Crippen molar-refractivity contribution in [2.75, 3.05) is 36.8 Å². The van der Waals surface area contributed by atoms with Gasteiger partial charge in [0.25, 0.3) is 0 Å². The van der Waals surface area contributed by atoms with Crippen molar-refractivity contribution in [1.82, 2.24) is 19.1 Å². The van der Waals surface area contributed by atoms with E-state index in [1.165, 1.54) is 0 Å². The first-order chi connectivity index (χ1) is 11.9. The lowest BCUT2D eigenvalue weighted by Crippen LogP contribution is -2.49. The van der Waals surface area contributed by atoms with Gasteiger partial charge < -0.3 is 4.90 Å². The molecule has 8 heteroatoms. The Balaban J connectivity index is 1.80. The second-order valence-corrected chi connectivity index (χ2v) is 8.41. The summed E-state index contributed by atoms with van der Waals surface area (Å²) in [7, 11) is -3.12. The van der Waals surface area contributed by atoms with E-state index in [1.54, 1.807) is 10.5 Å². The number of aromatic nitrogens is 3. The predicted octanol–water partition coefficient (Wildman–Crippen LogP) is 1.75. The number of aryl methyl sites for hydroxylation is 1. The Bertz CT molecular complexity index is 824. The summed E-state index contributed by atoms with van der Waals surface area (Å²) in [4.78, 5) is 6.60. The Hall–Kier alpha value is -1.93. The van der Waals surface area contributed by atoms with Crippen molar-refractivity contribution in [2.45, 2.75) is 27.2 Å². The summed E-state index contributed by atoms with van der Waals surface area (Å²) in [5.74, 6) is 1.02. The second kappa shape index (κ2) is 7.13. The van der Waals surface area contributed by atoms with E-state index >= 15 is 0 Å². The van der Waals surface area contributed by atoms with E-state index in [0.717, 1.165) is 22.9 Å². The highest BCUT2D eigenvalue weighted by atomic mass is 32.2. The highest BCUT2D eigenvalue weighted by molar-refractivity contribution is 7.89. The van der Waals surface area contributed by atoms with Crippen LogP contribution in [0.4, 0.5) is 5.69 Å². The first-order valence-corrected chi connectivity index (χ1v) is 10.3. The fraction of sp³-hybridized carbons (Fsp3) is 0.529. The van der Waals surface area contributed by atoms with Gasteiger partial charge in [0.1, 0.15) is 0 Å². The maximum atomic E-state index is 12.2. The maximum Gasteiger partial charge on any atom is 0.214 e. The predicted molar refractivity (Wildman–Crippen MR) is 98.7 cm³/mol. The van der Waals surface area contributed by atoms with Crippen LogP contribution < -0.4 is 4.90 Å². The normalized spacial score (nSPS) is 16.4. The van der Waals surface area contributed by atoms with Gasteiger partial charge in [-0.05, 0) is 32.4 Å². The van der Waals surface area contributed by atoms with E-state index < -0.39 is 10.0 Å². The van der Waals surface area contributed by atoms with E-state index in [-0.39, 0.29) is 5.75 Å².